The average molecular weight is 219 g/mol. The lowest BCUT2D eigenvalue weighted by Crippen LogP contribution is -2.18. The molecule has 4 nitrogen and oxygen atoms in total. The first-order valence-corrected chi connectivity index (χ1v) is 5.67. The minimum absolute atomic E-state index is 0.100. The molecule has 0 saturated carbocycles. The minimum atomic E-state index is 0.100. The molecule has 1 aromatic rings. The molecule has 1 atom stereocenters. The Morgan fingerprint density at radius 1 is 1.69 bits per heavy atom. The number of nitrogens with one attached hydrogen (secondary N) is 2. The lowest BCUT2D eigenvalue weighted by molar-refractivity contribution is -0.116. The lowest BCUT2D eigenvalue weighted by Gasteiger charge is -2.10. The molecule has 1 aliphatic heterocycles. The molecule has 86 valence electrons. The Labute approximate surface area is 95.5 Å². The van der Waals surface area contributed by atoms with Gasteiger partial charge in [-0.1, -0.05) is 0 Å². The van der Waals surface area contributed by atoms with Crippen LogP contribution in [0.1, 0.15) is 18.4 Å². The number of aryl methyl sites for hydroxylation is 1. The number of hydrogen-bond donors (Lipinski definition) is 2. The van der Waals surface area contributed by atoms with Gasteiger partial charge in [0.05, 0.1) is 0 Å². The van der Waals surface area contributed by atoms with Gasteiger partial charge in [0.1, 0.15) is 0 Å². The van der Waals surface area contributed by atoms with Crippen molar-refractivity contribution < 1.29 is 4.79 Å². The van der Waals surface area contributed by atoms with E-state index in [0.29, 0.717) is 12.3 Å². The molecule has 2 heterocycles. The zero-order chi connectivity index (χ0) is 11.4. The number of amides is 1. The van der Waals surface area contributed by atoms with E-state index in [-0.39, 0.29) is 5.91 Å². The number of aromatic nitrogens is 1. The van der Waals surface area contributed by atoms with Crippen molar-refractivity contribution in [3.63, 3.8) is 0 Å². The quantitative estimate of drug-likeness (QED) is 0.806. The summed E-state index contributed by atoms with van der Waals surface area (Å²) >= 11 is 0. The molecule has 0 aliphatic carbocycles. The number of nitrogens with zero attached hydrogens (tertiary/aromatic N) is 1. The fourth-order valence-electron chi connectivity index (χ4n) is 1.97. The molecule has 1 saturated heterocycles. The van der Waals surface area contributed by atoms with Crippen molar-refractivity contribution in [2.24, 2.45) is 5.92 Å². The third-order valence-corrected chi connectivity index (χ3v) is 2.93. The Morgan fingerprint density at radius 2 is 2.56 bits per heavy atom. The van der Waals surface area contributed by atoms with E-state index in [1.165, 1.54) is 0 Å². The highest BCUT2D eigenvalue weighted by molar-refractivity contribution is 5.91. The van der Waals surface area contributed by atoms with Crippen LogP contribution in [0.2, 0.25) is 0 Å². The molecule has 1 fully saturated rings. The summed E-state index contributed by atoms with van der Waals surface area (Å²) in [6, 6.07) is 1.83. The second-order valence-corrected chi connectivity index (χ2v) is 4.30. The van der Waals surface area contributed by atoms with Crippen LogP contribution in [0.25, 0.3) is 0 Å². The third kappa shape index (κ3) is 2.79. The number of carbonyl (C=O) groups excluding carboxylic acids is 1. The predicted molar refractivity (Wildman–Crippen MR) is 63.2 cm³/mol. The molecule has 0 spiro atoms. The minimum Gasteiger partial charge on any atom is -0.326 e. The van der Waals surface area contributed by atoms with E-state index >= 15 is 0 Å². The van der Waals surface area contributed by atoms with Gasteiger partial charge in [0.25, 0.3) is 0 Å². The zero-order valence-corrected chi connectivity index (χ0v) is 9.49. The molecule has 1 amide bonds. The van der Waals surface area contributed by atoms with Crippen LogP contribution in [0.4, 0.5) is 5.69 Å². The van der Waals surface area contributed by atoms with Gasteiger partial charge in [-0.2, -0.15) is 0 Å². The first kappa shape index (κ1) is 11.1. The standard InChI is InChI=1S/C12H17N3O/c1-9-7-13-5-3-11(9)15-12(16)6-10-2-4-14-8-10/h3,5,7,10,14H,2,4,6,8H2,1H3,(H,13,15,16). The molecule has 0 radical (unpaired) electrons. The summed E-state index contributed by atoms with van der Waals surface area (Å²) in [6.45, 7) is 3.94. The topological polar surface area (TPSA) is 54.0 Å². The molecule has 2 rings (SSSR count). The molecule has 4 heteroatoms. The van der Waals surface area contributed by atoms with E-state index in [0.717, 1.165) is 30.8 Å². The van der Waals surface area contributed by atoms with Gasteiger partial charge in [0, 0.05) is 24.5 Å². The normalized spacial score (nSPS) is 19.7. The zero-order valence-electron chi connectivity index (χ0n) is 9.49. The van der Waals surface area contributed by atoms with Gasteiger partial charge in [-0.15, -0.1) is 0 Å². The monoisotopic (exact) mass is 219 g/mol. The summed E-state index contributed by atoms with van der Waals surface area (Å²) in [5, 5.41) is 6.19. The average Bonchev–Trinajstić information content (AvgIpc) is 2.74. The Morgan fingerprint density at radius 3 is 3.25 bits per heavy atom. The highest BCUT2D eigenvalue weighted by Gasteiger charge is 2.18. The first-order chi connectivity index (χ1) is 7.75. The van der Waals surface area contributed by atoms with Crippen LogP contribution in [0.5, 0.6) is 0 Å². The lowest BCUT2D eigenvalue weighted by atomic mass is 10.0. The SMILES string of the molecule is Cc1cnccc1NC(=O)CC1CCNC1. The smallest absolute Gasteiger partial charge is 0.224 e. The van der Waals surface area contributed by atoms with Crippen molar-refractivity contribution in [3.05, 3.63) is 24.0 Å². The van der Waals surface area contributed by atoms with Crippen molar-refractivity contribution in [2.75, 3.05) is 18.4 Å². The molecule has 0 aromatic carbocycles. The molecular formula is C12H17N3O. The van der Waals surface area contributed by atoms with Crippen molar-refractivity contribution in [3.8, 4) is 0 Å². The van der Waals surface area contributed by atoms with Crippen LogP contribution < -0.4 is 10.6 Å². The van der Waals surface area contributed by atoms with Crippen LogP contribution >= 0.6 is 0 Å². The molecule has 1 aliphatic rings. The summed E-state index contributed by atoms with van der Waals surface area (Å²) in [7, 11) is 0. The van der Waals surface area contributed by atoms with Gasteiger partial charge in [-0.05, 0) is 44.0 Å². The van der Waals surface area contributed by atoms with Gasteiger partial charge in [0.15, 0.2) is 0 Å². The maximum absolute atomic E-state index is 11.8. The Balaban J connectivity index is 1.89. The van der Waals surface area contributed by atoms with Crippen LogP contribution in [0, 0.1) is 12.8 Å². The van der Waals surface area contributed by atoms with E-state index in [2.05, 4.69) is 15.6 Å². The van der Waals surface area contributed by atoms with Crippen LogP contribution in [0.3, 0.4) is 0 Å². The first-order valence-electron chi connectivity index (χ1n) is 5.67. The van der Waals surface area contributed by atoms with Gasteiger partial charge in [-0.25, -0.2) is 0 Å². The van der Waals surface area contributed by atoms with Crippen molar-refractivity contribution in [1.82, 2.24) is 10.3 Å². The Hall–Kier alpha value is -1.42. The van der Waals surface area contributed by atoms with Gasteiger partial charge in [0.2, 0.25) is 5.91 Å². The molecule has 16 heavy (non-hydrogen) atoms. The second-order valence-electron chi connectivity index (χ2n) is 4.30. The van der Waals surface area contributed by atoms with E-state index in [1.54, 1.807) is 12.4 Å². The third-order valence-electron chi connectivity index (χ3n) is 2.93. The highest BCUT2D eigenvalue weighted by Crippen LogP contribution is 2.16. The van der Waals surface area contributed by atoms with Crippen LogP contribution in [-0.2, 0) is 4.79 Å². The number of carbonyl (C=O) groups is 1. The molecular weight excluding hydrogens is 202 g/mol. The van der Waals surface area contributed by atoms with Crippen molar-refractivity contribution in [1.29, 1.82) is 0 Å². The van der Waals surface area contributed by atoms with Crippen LogP contribution in [-0.4, -0.2) is 24.0 Å². The Bertz CT molecular complexity index is 372. The van der Waals surface area contributed by atoms with Crippen LogP contribution in [0.15, 0.2) is 18.5 Å². The summed E-state index contributed by atoms with van der Waals surface area (Å²) in [4.78, 5) is 15.8. The van der Waals surface area contributed by atoms with Gasteiger partial charge in [-0.3, -0.25) is 9.78 Å². The number of rotatable bonds is 3. The fourth-order valence-corrected chi connectivity index (χ4v) is 1.97. The van der Waals surface area contributed by atoms with E-state index in [1.807, 2.05) is 13.0 Å². The molecule has 2 N–H and O–H groups in total. The van der Waals surface area contributed by atoms with Gasteiger partial charge < -0.3 is 10.6 Å². The number of anilines is 1. The van der Waals surface area contributed by atoms with Gasteiger partial charge >= 0.3 is 0 Å². The summed E-state index contributed by atoms with van der Waals surface area (Å²) < 4.78 is 0. The summed E-state index contributed by atoms with van der Waals surface area (Å²) in [5.41, 5.74) is 1.87. The summed E-state index contributed by atoms with van der Waals surface area (Å²) in [6.07, 6.45) is 5.16. The highest BCUT2D eigenvalue weighted by atomic mass is 16.1. The maximum atomic E-state index is 11.8. The van der Waals surface area contributed by atoms with E-state index < -0.39 is 0 Å². The fraction of sp³-hybridized carbons (Fsp3) is 0.500. The van der Waals surface area contributed by atoms with Crippen molar-refractivity contribution >= 4 is 11.6 Å². The molecule has 0 bridgehead atoms. The van der Waals surface area contributed by atoms with E-state index in [4.69, 9.17) is 0 Å². The van der Waals surface area contributed by atoms with Crippen molar-refractivity contribution in [2.45, 2.75) is 19.8 Å². The largest absolute Gasteiger partial charge is 0.326 e. The number of hydrogen-bond acceptors (Lipinski definition) is 3. The predicted octanol–water partition coefficient (Wildman–Crippen LogP) is 1.33. The molecule has 1 unspecified atom stereocenters. The molecule has 1 aromatic heterocycles. The maximum Gasteiger partial charge on any atom is 0.224 e. The Kier molecular flexibility index (Phi) is 3.51. The van der Waals surface area contributed by atoms with E-state index in [9.17, 15) is 4.79 Å². The number of pyridine rings is 1. The summed E-state index contributed by atoms with van der Waals surface area (Å²) in [5.74, 6) is 0.588. The second kappa shape index (κ2) is 5.07.